The number of nitrogens with zero attached hydrogens (tertiary/aromatic N) is 1. The quantitative estimate of drug-likeness (QED) is 0.844. The Labute approximate surface area is 137 Å². The fourth-order valence-electron chi connectivity index (χ4n) is 2.85. The van der Waals surface area contributed by atoms with Crippen LogP contribution in [0, 0.1) is 0 Å². The minimum absolute atomic E-state index is 0.0109. The zero-order valence-electron chi connectivity index (χ0n) is 13.9. The van der Waals surface area contributed by atoms with Gasteiger partial charge in [-0.1, -0.05) is 25.1 Å². The summed E-state index contributed by atoms with van der Waals surface area (Å²) in [7, 11) is -3.10. The molecule has 2 aromatic rings. The Morgan fingerprint density at radius 2 is 1.96 bits per heavy atom. The maximum absolute atomic E-state index is 12.6. The fourth-order valence-corrected chi connectivity index (χ4v) is 4.00. The predicted octanol–water partition coefficient (Wildman–Crippen LogP) is 2.38. The number of likely N-dealkylation sites (N-methyl/N-ethyl adjacent to an activating group) is 1. The monoisotopic (exact) mass is 336 g/mol. The van der Waals surface area contributed by atoms with Crippen LogP contribution in [-0.2, 0) is 21.1 Å². The molecule has 0 aliphatic heterocycles. The van der Waals surface area contributed by atoms with E-state index in [4.69, 9.17) is 0 Å². The molecule has 1 atom stereocenters. The van der Waals surface area contributed by atoms with Gasteiger partial charge in [0.1, 0.15) is 0 Å². The van der Waals surface area contributed by atoms with Crippen molar-refractivity contribution in [2.45, 2.75) is 33.2 Å². The topological polar surface area (TPSA) is 70.2 Å². The zero-order valence-corrected chi connectivity index (χ0v) is 14.7. The summed E-state index contributed by atoms with van der Waals surface area (Å²) in [5, 5.41) is 1.03. The first kappa shape index (κ1) is 17.5. The number of rotatable bonds is 7. The van der Waals surface area contributed by atoms with Crippen LogP contribution in [0.4, 0.5) is 0 Å². The molecule has 0 saturated carbocycles. The molecule has 126 valence electrons. The van der Waals surface area contributed by atoms with E-state index in [0.29, 0.717) is 6.54 Å². The van der Waals surface area contributed by atoms with E-state index >= 15 is 0 Å². The highest BCUT2D eigenvalue weighted by Gasteiger charge is 2.23. The second kappa shape index (κ2) is 7.17. The van der Waals surface area contributed by atoms with Gasteiger partial charge in [-0.2, -0.15) is 0 Å². The lowest BCUT2D eigenvalue weighted by Crippen LogP contribution is -2.43. The van der Waals surface area contributed by atoms with Gasteiger partial charge in [-0.3, -0.25) is 4.79 Å². The third-order valence-electron chi connectivity index (χ3n) is 4.14. The van der Waals surface area contributed by atoms with Crippen LogP contribution in [0.5, 0.6) is 0 Å². The summed E-state index contributed by atoms with van der Waals surface area (Å²) in [5.74, 6) is 0.0683. The molecule has 1 amide bonds. The number of sulfone groups is 1. The van der Waals surface area contributed by atoms with Gasteiger partial charge >= 0.3 is 0 Å². The number of para-hydroxylation sites is 1. The molecule has 0 radical (unpaired) electrons. The van der Waals surface area contributed by atoms with Crippen molar-refractivity contribution in [3.8, 4) is 0 Å². The number of amides is 1. The van der Waals surface area contributed by atoms with Crippen LogP contribution >= 0.6 is 0 Å². The van der Waals surface area contributed by atoms with Crippen LogP contribution in [0.1, 0.15) is 26.3 Å². The molecule has 1 N–H and O–H groups in total. The maximum Gasteiger partial charge on any atom is 0.227 e. The average molecular weight is 336 g/mol. The number of aromatic nitrogens is 1. The molecule has 0 aliphatic carbocycles. The number of hydrogen-bond acceptors (Lipinski definition) is 3. The Morgan fingerprint density at radius 3 is 2.61 bits per heavy atom. The molecule has 0 saturated heterocycles. The van der Waals surface area contributed by atoms with E-state index in [1.165, 1.54) is 0 Å². The smallest absolute Gasteiger partial charge is 0.227 e. The van der Waals surface area contributed by atoms with Crippen LogP contribution < -0.4 is 0 Å². The Hall–Kier alpha value is -1.82. The van der Waals surface area contributed by atoms with Gasteiger partial charge in [0.05, 0.1) is 12.2 Å². The van der Waals surface area contributed by atoms with Crippen LogP contribution in [0.15, 0.2) is 30.5 Å². The zero-order chi connectivity index (χ0) is 17.0. The Morgan fingerprint density at radius 1 is 1.26 bits per heavy atom. The molecule has 23 heavy (non-hydrogen) atoms. The summed E-state index contributed by atoms with van der Waals surface area (Å²) in [5.41, 5.74) is 1.94. The molecule has 6 heteroatoms. The first-order valence-electron chi connectivity index (χ1n) is 7.92. The summed E-state index contributed by atoms with van der Waals surface area (Å²) in [4.78, 5) is 17.4. The van der Waals surface area contributed by atoms with Crippen molar-refractivity contribution in [2.75, 3.05) is 18.1 Å². The third-order valence-corrected chi connectivity index (χ3v) is 6.01. The highest BCUT2D eigenvalue weighted by atomic mass is 32.2. The van der Waals surface area contributed by atoms with Crippen LogP contribution in [0.2, 0.25) is 0 Å². The second-order valence-corrected chi connectivity index (χ2v) is 8.16. The number of hydrogen-bond donors (Lipinski definition) is 1. The van der Waals surface area contributed by atoms with Crippen LogP contribution in [-0.4, -0.2) is 48.3 Å². The summed E-state index contributed by atoms with van der Waals surface area (Å²) < 4.78 is 23.6. The number of carbonyl (C=O) groups excluding carboxylic acids is 1. The summed E-state index contributed by atoms with van der Waals surface area (Å²) >= 11 is 0. The van der Waals surface area contributed by atoms with Crippen molar-refractivity contribution >= 4 is 26.6 Å². The van der Waals surface area contributed by atoms with E-state index in [9.17, 15) is 13.2 Å². The number of fused-ring (bicyclic) bond motifs is 1. The lowest BCUT2D eigenvalue weighted by atomic mass is 10.1. The van der Waals surface area contributed by atoms with Crippen molar-refractivity contribution < 1.29 is 13.2 Å². The van der Waals surface area contributed by atoms with Gasteiger partial charge in [0, 0.05) is 35.4 Å². The molecule has 5 nitrogen and oxygen atoms in total. The van der Waals surface area contributed by atoms with Crippen molar-refractivity contribution in [1.29, 1.82) is 0 Å². The third kappa shape index (κ3) is 4.13. The summed E-state index contributed by atoms with van der Waals surface area (Å²) in [6.07, 6.45) is 2.12. The molecule has 1 aromatic heterocycles. The lowest BCUT2D eigenvalue weighted by Gasteiger charge is -2.28. The van der Waals surface area contributed by atoms with E-state index in [1.54, 1.807) is 18.7 Å². The molecular weight excluding hydrogens is 312 g/mol. The van der Waals surface area contributed by atoms with E-state index in [0.717, 1.165) is 16.5 Å². The lowest BCUT2D eigenvalue weighted by molar-refractivity contribution is -0.131. The largest absolute Gasteiger partial charge is 0.361 e. The minimum Gasteiger partial charge on any atom is -0.361 e. The molecule has 1 heterocycles. The number of nitrogens with one attached hydrogen (secondary N) is 1. The minimum atomic E-state index is -3.10. The highest BCUT2D eigenvalue weighted by molar-refractivity contribution is 7.91. The van der Waals surface area contributed by atoms with E-state index < -0.39 is 9.84 Å². The van der Waals surface area contributed by atoms with Gasteiger partial charge in [-0.25, -0.2) is 8.42 Å². The van der Waals surface area contributed by atoms with Gasteiger partial charge in [0.2, 0.25) is 5.91 Å². The van der Waals surface area contributed by atoms with Gasteiger partial charge < -0.3 is 9.88 Å². The van der Waals surface area contributed by atoms with E-state index in [2.05, 4.69) is 4.98 Å². The van der Waals surface area contributed by atoms with Crippen molar-refractivity contribution in [1.82, 2.24) is 9.88 Å². The Bertz CT molecular complexity index is 780. The SMILES string of the molecule is CCN(C(=O)Cc1c[nH]c2ccccc12)C(C)CS(=O)(=O)CC. The molecule has 1 unspecified atom stereocenters. The maximum atomic E-state index is 12.6. The van der Waals surface area contributed by atoms with Crippen LogP contribution in [0.25, 0.3) is 10.9 Å². The summed E-state index contributed by atoms with van der Waals surface area (Å²) in [6, 6.07) is 7.52. The molecule has 2 rings (SSSR count). The number of H-pyrrole nitrogens is 1. The van der Waals surface area contributed by atoms with Gasteiger partial charge in [-0.15, -0.1) is 0 Å². The second-order valence-electron chi connectivity index (χ2n) is 5.76. The molecular formula is C17H24N2O3S. The molecule has 0 bridgehead atoms. The number of aromatic amines is 1. The normalized spacial score (nSPS) is 13.2. The van der Waals surface area contributed by atoms with Gasteiger partial charge in [-0.05, 0) is 25.5 Å². The standard InChI is InChI=1S/C17H24N2O3S/c1-4-19(13(3)12-23(21,22)5-2)17(20)10-14-11-18-16-9-7-6-8-15(14)16/h6-9,11,13,18H,4-5,10,12H2,1-3H3. The first-order valence-corrected chi connectivity index (χ1v) is 9.75. The fraction of sp³-hybridized carbons (Fsp3) is 0.471. The Kier molecular flexibility index (Phi) is 5.46. The Balaban J connectivity index is 2.14. The highest BCUT2D eigenvalue weighted by Crippen LogP contribution is 2.19. The van der Waals surface area contributed by atoms with Gasteiger partial charge in [0.15, 0.2) is 9.84 Å². The van der Waals surface area contributed by atoms with E-state index in [-0.39, 0.29) is 29.9 Å². The molecule has 1 aromatic carbocycles. The number of carbonyl (C=O) groups is 1. The van der Waals surface area contributed by atoms with Crippen molar-refractivity contribution in [3.05, 3.63) is 36.0 Å². The van der Waals surface area contributed by atoms with Gasteiger partial charge in [0.25, 0.3) is 0 Å². The average Bonchev–Trinajstić information content (AvgIpc) is 2.91. The van der Waals surface area contributed by atoms with Crippen molar-refractivity contribution in [2.24, 2.45) is 0 Å². The molecule has 0 spiro atoms. The molecule has 0 fully saturated rings. The first-order chi connectivity index (χ1) is 10.9. The van der Waals surface area contributed by atoms with Crippen molar-refractivity contribution in [3.63, 3.8) is 0 Å². The van der Waals surface area contributed by atoms with Crippen LogP contribution in [0.3, 0.4) is 0 Å². The van der Waals surface area contributed by atoms with E-state index in [1.807, 2.05) is 37.4 Å². The summed E-state index contributed by atoms with van der Waals surface area (Å²) in [6.45, 7) is 5.81. The molecule has 0 aliphatic rings. The number of benzene rings is 1. The predicted molar refractivity (Wildman–Crippen MR) is 93.2 cm³/mol.